The van der Waals surface area contributed by atoms with Gasteiger partial charge in [-0.3, -0.25) is 4.79 Å². The molecule has 0 aromatic rings. The second-order valence-corrected chi connectivity index (χ2v) is 6.37. The van der Waals surface area contributed by atoms with E-state index in [9.17, 15) is 4.79 Å². The number of hydrogen-bond acceptors (Lipinski definition) is 4. The zero-order valence-electron chi connectivity index (χ0n) is 11.3. The molecule has 0 bridgehead atoms. The van der Waals surface area contributed by atoms with Crippen molar-refractivity contribution in [2.75, 3.05) is 25.2 Å². The third-order valence-corrected chi connectivity index (χ3v) is 4.52. The van der Waals surface area contributed by atoms with E-state index in [1.54, 1.807) is 0 Å². The maximum atomic E-state index is 11.2. The van der Waals surface area contributed by atoms with Crippen molar-refractivity contribution >= 4 is 17.7 Å². The van der Waals surface area contributed by atoms with Gasteiger partial charge in [-0.15, -0.1) is 0 Å². The summed E-state index contributed by atoms with van der Waals surface area (Å²) in [6.07, 6.45) is 4.20. The lowest BCUT2D eigenvalue weighted by Gasteiger charge is -2.13. The summed E-state index contributed by atoms with van der Waals surface area (Å²) in [5, 5.41) is 3.41. The monoisotopic (exact) mass is 259 g/mol. The van der Waals surface area contributed by atoms with Crippen LogP contribution in [0.3, 0.4) is 0 Å². The predicted octanol–water partition coefficient (Wildman–Crippen LogP) is 2.45. The molecule has 0 unspecified atom stereocenters. The molecule has 0 aromatic carbocycles. The van der Waals surface area contributed by atoms with Crippen LogP contribution in [0.2, 0.25) is 0 Å². The van der Waals surface area contributed by atoms with E-state index >= 15 is 0 Å². The van der Waals surface area contributed by atoms with Crippen molar-refractivity contribution in [1.29, 1.82) is 0 Å². The Morgan fingerprint density at radius 2 is 2.18 bits per heavy atom. The molecular formula is C13H25NO2S. The topological polar surface area (TPSA) is 38.3 Å². The van der Waals surface area contributed by atoms with Gasteiger partial charge in [-0.25, -0.2) is 0 Å². The van der Waals surface area contributed by atoms with Gasteiger partial charge in [0.25, 0.3) is 0 Å². The molecule has 1 aliphatic rings. The van der Waals surface area contributed by atoms with Crippen LogP contribution in [0, 0.1) is 5.41 Å². The first-order valence-electron chi connectivity index (χ1n) is 6.46. The summed E-state index contributed by atoms with van der Waals surface area (Å²) in [6, 6.07) is 0.578. The number of rotatable bonds is 9. The van der Waals surface area contributed by atoms with Crippen molar-refractivity contribution in [3.05, 3.63) is 0 Å². The summed E-state index contributed by atoms with van der Waals surface area (Å²) in [5.41, 5.74) is 0.281. The number of carbonyl (C=O) groups is 1. The second-order valence-electron chi connectivity index (χ2n) is 5.27. The third-order valence-electron chi connectivity index (χ3n) is 3.13. The first kappa shape index (κ1) is 14.8. The standard InChI is InChI=1S/C13H25NO2S/c1-11(2)14-7-4-8-17-10-13(5-6-13)9-12(15)16-3/h11,14H,4-10H2,1-3H3. The minimum atomic E-state index is -0.0513. The summed E-state index contributed by atoms with van der Waals surface area (Å²) < 4.78 is 4.74. The Bertz CT molecular complexity index is 240. The van der Waals surface area contributed by atoms with Gasteiger partial charge < -0.3 is 10.1 Å². The van der Waals surface area contributed by atoms with Gasteiger partial charge in [-0.05, 0) is 42.7 Å². The molecule has 3 nitrogen and oxygen atoms in total. The van der Waals surface area contributed by atoms with Crippen LogP contribution >= 0.6 is 11.8 Å². The third kappa shape index (κ3) is 6.32. The first-order chi connectivity index (χ1) is 8.08. The molecule has 0 atom stereocenters. The van der Waals surface area contributed by atoms with Crippen LogP contribution in [-0.2, 0) is 9.53 Å². The fraction of sp³-hybridized carbons (Fsp3) is 0.923. The van der Waals surface area contributed by atoms with Crippen LogP contribution in [0.5, 0.6) is 0 Å². The largest absolute Gasteiger partial charge is 0.469 e. The summed E-state index contributed by atoms with van der Waals surface area (Å²) in [4.78, 5) is 11.2. The lowest BCUT2D eigenvalue weighted by atomic mass is 10.1. The van der Waals surface area contributed by atoms with Crippen molar-refractivity contribution in [3.63, 3.8) is 0 Å². The van der Waals surface area contributed by atoms with E-state index in [4.69, 9.17) is 4.74 Å². The number of esters is 1. The fourth-order valence-corrected chi connectivity index (χ4v) is 3.10. The van der Waals surface area contributed by atoms with Gasteiger partial charge >= 0.3 is 5.97 Å². The maximum absolute atomic E-state index is 11.2. The van der Waals surface area contributed by atoms with Gasteiger partial charge in [0.2, 0.25) is 0 Å². The molecule has 17 heavy (non-hydrogen) atoms. The Hall–Kier alpha value is -0.220. The Morgan fingerprint density at radius 3 is 2.71 bits per heavy atom. The molecule has 0 aliphatic heterocycles. The smallest absolute Gasteiger partial charge is 0.306 e. The van der Waals surface area contributed by atoms with Crippen molar-refractivity contribution in [2.24, 2.45) is 5.41 Å². The van der Waals surface area contributed by atoms with E-state index in [0.29, 0.717) is 12.5 Å². The van der Waals surface area contributed by atoms with E-state index in [1.165, 1.54) is 32.1 Å². The van der Waals surface area contributed by atoms with E-state index < -0.39 is 0 Å². The van der Waals surface area contributed by atoms with Crippen LogP contribution in [0.25, 0.3) is 0 Å². The highest BCUT2D eigenvalue weighted by Crippen LogP contribution is 2.51. The quantitative estimate of drug-likeness (QED) is 0.510. The second kappa shape index (κ2) is 7.27. The Balaban J connectivity index is 2.01. The molecule has 1 N–H and O–H groups in total. The van der Waals surface area contributed by atoms with Crippen LogP contribution in [0.15, 0.2) is 0 Å². The lowest BCUT2D eigenvalue weighted by molar-refractivity contribution is -0.141. The number of methoxy groups -OCH3 is 1. The van der Waals surface area contributed by atoms with Crippen molar-refractivity contribution in [3.8, 4) is 0 Å². The molecule has 4 heteroatoms. The van der Waals surface area contributed by atoms with Crippen LogP contribution in [0.1, 0.15) is 39.5 Å². The Morgan fingerprint density at radius 1 is 1.47 bits per heavy atom. The molecule has 0 spiro atoms. The Kier molecular flexibility index (Phi) is 6.34. The van der Waals surface area contributed by atoms with Gasteiger partial charge in [0, 0.05) is 6.04 Å². The highest BCUT2D eigenvalue weighted by Gasteiger charge is 2.44. The summed E-state index contributed by atoms with van der Waals surface area (Å²) in [5.74, 6) is 2.25. The molecule has 1 saturated carbocycles. The number of hydrogen-bond donors (Lipinski definition) is 1. The van der Waals surface area contributed by atoms with E-state index in [1.807, 2.05) is 11.8 Å². The summed E-state index contributed by atoms with van der Waals surface area (Å²) >= 11 is 1.98. The summed E-state index contributed by atoms with van der Waals surface area (Å²) in [7, 11) is 1.48. The van der Waals surface area contributed by atoms with Gasteiger partial charge in [-0.2, -0.15) is 11.8 Å². The molecule has 0 radical (unpaired) electrons. The number of carbonyl (C=O) groups excluding carboxylic acids is 1. The number of nitrogens with one attached hydrogen (secondary N) is 1. The predicted molar refractivity (Wildman–Crippen MR) is 73.4 cm³/mol. The summed E-state index contributed by atoms with van der Waals surface area (Å²) in [6.45, 7) is 5.43. The van der Waals surface area contributed by atoms with Gasteiger partial charge in [0.15, 0.2) is 0 Å². The van der Waals surface area contributed by atoms with Gasteiger partial charge in [0.05, 0.1) is 13.5 Å². The molecule has 0 saturated heterocycles. The fourth-order valence-electron chi connectivity index (χ4n) is 1.78. The molecule has 0 heterocycles. The van der Waals surface area contributed by atoms with Crippen LogP contribution < -0.4 is 5.32 Å². The SMILES string of the molecule is COC(=O)CC1(CSCCCNC(C)C)CC1. The normalized spacial score (nSPS) is 17.2. The minimum Gasteiger partial charge on any atom is -0.469 e. The lowest BCUT2D eigenvalue weighted by Crippen LogP contribution is -2.24. The highest BCUT2D eigenvalue weighted by atomic mass is 32.2. The Labute approximate surface area is 109 Å². The molecule has 100 valence electrons. The van der Waals surface area contributed by atoms with Gasteiger partial charge in [-0.1, -0.05) is 13.8 Å². The zero-order chi connectivity index (χ0) is 12.7. The van der Waals surface area contributed by atoms with E-state index in [0.717, 1.165) is 12.3 Å². The van der Waals surface area contributed by atoms with Crippen LogP contribution in [0.4, 0.5) is 0 Å². The maximum Gasteiger partial charge on any atom is 0.306 e. The average molecular weight is 259 g/mol. The van der Waals surface area contributed by atoms with E-state index in [2.05, 4.69) is 19.2 Å². The number of thioether (sulfide) groups is 1. The van der Waals surface area contributed by atoms with Crippen molar-refractivity contribution < 1.29 is 9.53 Å². The van der Waals surface area contributed by atoms with E-state index in [-0.39, 0.29) is 11.4 Å². The first-order valence-corrected chi connectivity index (χ1v) is 7.61. The van der Waals surface area contributed by atoms with Crippen molar-refractivity contribution in [1.82, 2.24) is 5.32 Å². The average Bonchev–Trinajstić information content (AvgIpc) is 3.03. The molecular weight excluding hydrogens is 234 g/mol. The van der Waals surface area contributed by atoms with Crippen molar-refractivity contribution in [2.45, 2.75) is 45.6 Å². The van der Waals surface area contributed by atoms with Crippen LogP contribution in [-0.4, -0.2) is 37.2 Å². The zero-order valence-corrected chi connectivity index (χ0v) is 12.1. The number of ether oxygens (including phenoxy) is 1. The molecule has 1 rings (SSSR count). The molecule has 1 aliphatic carbocycles. The highest BCUT2D eigenvalue weighted by molar-refractivity contribution is 7.99. The molecule has 0 amide bonds. The minimum absolute atomic E-state index is 0.0513. The van der Waals surface area contributed by atoms with Gasteiger partial charge in [0.1, 0.15) is 0 Å². The molecule has 1 fully saturated rings. The molecule has 0 aromatic heterocycles.